The highest BCUT2D eigenvalue weighted by Crippen LogP contribution is 2.50. The first kappa shape index (κ1) is 19.4. The van der Waals surface area contributed by atoms with Gasteiger partial charge in [-0.15, -0.1) is 0 Å². The number of hydrogen-bond donors (Lipinski definition) is 2. The number of fused-ring (bicyclic) bond motifs is 2. The lowest BCUT2D eigenvalue weighted by molar-refractivity contribution is -0.118. The van der Waals surface area contributed by atoms with Crippen LogP contribution in [0.15, 0.2) is 30.3 Å². The second kappa shape index (κ2) is 6.73. The van der Waals surface area contributed by atoms with Gasteiger partial charge in [0.1, 0.15) is 11.6 Å². The Hall–Kier alpha value is -2.56. The summed E-state index contributed by atoms with van der Waals surface area (Å²) in [4.78, 5) is 13.2. The number of nitrogens with one attached hydrogen (secondary N) is 2. The lowest BCUT2D eigenvalue weighted by Crippen LogP contribution is -2.31. The van der Waals surface area contributed by atoms with Gasteiger partial charge >= 0.3 is 0 Å². The lowest BCUT2D eigenvalue weighted by Gasteiger charge is -2.27. The van der Waals surface area contributed by atoms with E-state index in [1.807, 2.05) is 12.1 Å². The molecule has 0 saturated heterocycles. The Balaban J connectivity index is 1.38. The molecule has 2 aromatic carbocycles. The fourth-order valence-electron chi connectivity index (χ4n) is 4.67. The minimum absolute atomic E-state index is 0.0765. The van der Waals surface area contributed by atoms with Crippen LogP contribution in [0.4, 0.5) is 15.8 Å². The molecule has 0 aromatic heterocycles. The molecule has 1 amide bonds. The SMILES string of the molecule is CC(C)(C)C1Cc2cc(NC(=O)C3(c4ccc5c(c4)CCCO5)CC3)c(F)cc2N1. The van der Waals surface area contributed by atoms with Crippen molar-refractivity contribution in [3.05, 3.63) is 52.8 Å². The van der Waals surface area contributed by atoms with E-state index >= 15 is 0 Å². The van der Waals surface area contributed by atoms with Crippen molar-refractivity contribution in [1.82, 2.24) is 0 Å². The van der Waals surface area contributed by atoms with Crippen LogP contribution in [0.25, 0.3) is 0 Å². The van der Waals surface area contributed by atoms with Crippen molar-refractivity contribution < 1.29 is 13.9 Å². The average Bonchev–Trinajstić information content (AvgIpc) is 3.42. The minimum atomic E-state index is -0.551. The Morgan fingerprint density at radius 3 is 2.73 bits per heavy atom. The van der Waals surface area contributed by atoms with E-state index in [2.05, 4.69) is 37.5 Å². The van der Waals surface area contributed by atoms with E-state index in [0.717, 1.165) is 61.3 Å². The van der Waals surface area contributed by atoms with Crippen LogP contribution in [0.2, 0.25) is 0 Å². The summed E-state index contributed by atoms with van der Waals surface area (Å²) >= 11 is 0. The van der Waals surface area contributed by atoms with E-state index in [4.69, 9.17) is 4.74 Å². The zero-order valence-electron chi connectivity index (χ0n) is 17.9. The van der Waals surface area contributed by atoms with Gasteiger partial charge in [0.15, 0.2) is 0 Å². The Labute approximate surface area is 177 Å². The van der Waals surface area contributed by atoms with Gasteiger partial charge in [-0.1, -0.05) is 32.9 Å². The summed E-state index contributed by atoms with van der Waals surface area (Å²) in [6, 6.07) is 9.66. The Morgan fingerprint density at radius 1 is 1.20 bits per heavy atom. The number of anilines is 2. The molecule has 2 heterocycles. The summed E-state index contributed by atoms with van der Waals surface area (Å²) in [6.07, 6.45) is 4.39. The highest BCUT2D eigenvalue weighted by molar-refractivity contribution is 6.01. The molecule has 4 nitrogen and oxygen atoms in total. The number of rotatable bonds is 3. The van der Waals surface area contributed by atoms with Crippen LogP contribution in [0.1, 0.15) is 56.7 Å². The molecule has 5 heteroatoms. The van der Waals surface area contributed by atoms with Crippen LogP contribution in [0, 0.1) is 11.2 Å². The molecule has 158 valence electrons. The number of carbonyl (C=O) groups is 1. The molecule has 30 heavy (non-hydrogen) atoms. The van der Waals surface area contributed by atoms with Crippen LogP contribution < -0.4 is 15.4 Å². The fourth-order valence-corrected chi connectivity index (χ4v) is 4.67. The van der Waals surface area contributed by atoms with Crippen molar-refractivity contribution in [1.29, 1.82) is 0 Å². The standard InChI is InChI=1S/C25H29FN2O2/c1-24(2,3)22-13-16-12-20(18(26)14-19(16)27-22)28-23(29)25(8-9-25)17-6-7-21-15(11-17)5-4-10-30-21/h6-7,11-12,14,22,27H,4-5,8-10,13H2,1-3H3,(H,28,29). The average molecular weight is 409 g/mol. The van der Waals surface area contributed by atoms with Crippen LogP contribution in [-0.4, -0.2) is 18.6 Å². The summed E-state index contributed by atoms with van der Waals surface area (Å²) in [7, 11) is 0. The maximum absolute atomic E-state index is 14.8. The molecule has 3 aliphatic rings. The van der Waals surface area contributed by atoms with Crippen molar-refractivity contribution in [2.75, 3.05) is 17.2 Å². The van der Waals surface area contributed by atoms with E-state index < -0.39 is 5.41 Å². The van der Waals surface area contributed by atoms with Gasteiger partial charge in [0.05, 0.1) is 17.7 Å². The summed E-state index contributed by atoms with van der Waals surface area (Å²) in [5.41, 5.74) is 3.88. The predicted molar refractivity (Wildman–Crippen MR) is 117 cm³/mol. The van der Waals surface area contributed by atoms with Crippen LogP contribution in [0.5, 0.6) is 5.75 Å². The monoisotopic (exact) mass is 408 g/mol. The van der Waals surface area contributed by atoms with Gasteiger partial charge in [-0.25, -0.2) is 4.39 Å². The maximum Gasteiger partial charge on any atom is 0.235 e. The third-order valence-electron chi connectivity index (χ3n) is 6.89. The zero-order chi connectivity index (χ0) is 21.1. The number of halogens is 1. The summed E-state index contributed by atoms with van der Waals surface area (Å²) in [5, 5.41) is 6.33. The first-order valence-corrected chi connectivity index (χ1v) is 10.9. The van der Waals surface area contributed by atoms with Gasteiger partial charge in [-0.05, 0) is 72.4 Å². The molecule has 2 aromatic rings. The molecule has 1 atom stereocenters. The number of benzene rings is 2. The number of aryl methyl sites for hydroxylation is 1. The number of amides is 1. The van der Waals surface area contributed by atoms with Gasteiger partial charge in [0.2, 0.25) is 5.91 Å². The van der Waals surface area contributed by atoms with Gasteiger partial charge in [-0.2, -0.15) is 0 Å². The number of carbonyl (C=O) groups excluding carboxylic acids is 1. The normalized spacial score (nSPS) is 21.1. The summed E-state index contributed by atoms with van der Waals surface area (Å²) < 4.78 is 20.5. The summed E-state index contributed by atoms with van der Waals surface area (Å²) in [6.45, 7) is 7.28. The van der Waals surface area contributed by atoms with E-state index in [1.54, 1.807) is 6.07 Å². The number of ether oxygens (including phenoxy) is 1. The minimum Gasteiger partial charge on any atom is -0.493 e. The Morgan fingerprint density at radius 2 is 2.00 bits per heavy atom. The third-order valence-corrected chi connectivity index (χ3v) is 6.89. The number of hydrogen-bond acceptors (Lipinski definition) is 3. The van der Waals surface area contributed by atoms with Crippen molar-refractivity contribution in [2.45, 2.75) is 64.3 Å². The van der Waals surface area contributed by atoms with E-state index in [0.29, 0.717) is 0 Å². The lowest BCUT2D eigenvalue weighted by atomic mass is 9.85. The highest BCUT2D eigenvalue weighted by atomic mass is 19.1. The Kier molecular flexibility index (Phi) is 4.35. The van der Waals surface area contributed by atoms with Gasteiger partial charge < -0.3 is 15.4 Å². The molecule has 1 unspecified atom stereocenters. The smallest absolute Gasteiger partial charge is 0.235 e. The van der Waals surface area contributed by atoms with Crippen LogP contribution >= 0.6 is 0 Å². The van der Waals surface area contributed by atoms with Crippen molar-refractivity contribution in [3.63, 3.8) is 0 Å². The molecule has 2 aliphatic heterocycles. The molecular weight excluding hydrogens is 379 g/mol. The second-order valence-electron chi connectivity index (χ2n) is 10.1. The summed E-state index contributed by atoms with van der Waals surface area (Å²) in [5.74, 6) is 0.418. The van der Waals surface area contributed by atoms with Crippen LogP contribution in [-0.2, 0) is 23.1 Å². The molecule has 0 bridgehead atoms. The van der Waals surface area contributed by atoms with Crippen molar-refractivity contribution in [2.24, 2.45) is 5.41 Å². The molecule has 1 aliphatic carbocycles. The van der Waals surface area contributed by atoms with Gasteiger partial charge in [-0.3, -0.25) is 4.79 Å². The molecule has 1 fully saturated rings. The fraction of sp³-hybridized carbons (Fsp3) is 0.480. The van der Waals surface area contributed by atoms with Gasteiger partial charge in [0, 0.05) is 11.7 Å². The van der Waals surface area contributed by atoms with E-state index in [9.17, 15) is 9.18 Å². The van der Waals surface area contributed by atoms with Crippen molar-refractivity contribution >= 4 is 17.3 Å². The molecule has 1 saturated carbocycles. The first-order chi connectivity index (χ1) is 14.3. The van der Waals surface area contributed by atoms with Crippen molar-refractivity contribution in [3.8, 4) is 5.75 Å². The van der Waals surface area contributed by atoms with E-state index in [-0.39, 0.29) is 28.9 Å². The topological polar surface area (TPSA) is 50.4 Å². The first-order valence-electron chi connectivity index (χ1n) is 10.9. The van der Waals surface area contributed by atoms with Crippen LogP contribution in [0.3, 0.4) is 0 Å². The molecule has 2 N–H and O–H groups in total. The molecule has 0 radical (unpaired) electrons. The quantitative estimate of drug-likeness (QED) is 0.734. The predicted octanol–water partition coefficient (Wildman–Crippen LogP) is 5.20. The van der Waals surface area contributed by atoms with E-state index in [1.165, 1.54) is 11.6 Å². The maximum atomic E-state index is 14.8. The third kappa shape index (κ3) is 3.24. The Bertz CT molecular complexity index is 1020. The molecule has 5 rings (SSSR count). The largest absolute Gasteiger partial charge is 0.493 e. The highest BCUT2D eigenvalue weighted by Gasteiger charge is 2.51. The second-order valence-corrected chi connectivity index (χ2v) is 10.1. The van der Waals surface area contributed by atoms with Gasteiger partial charge in [0.25, 0.3) is 0 Å². The molecular formula is C25H29FN2O2. The molecule has 0 spiro atoms. The zero-order valence-corrected chi connectivity index (χ0v) is 17.9.